The molecule has 3 rings (SSSR count). The van der Waals surface area contributed by atoms with Crippen molar-refractivity contribution in [3.05, 3.63) is 54.7 Å². The monoisotopic (exact) mass is 429 g/mol. The van der Waals surface area contributed by atoms with Gasteiger partial charge in [0.25, 0.3) is 0 Å². The van der Waals surface area contributed by atoms with Crippen molar-refractivity contribution in [2.24, 2.45) is 0 Å². The van der Waals surface area contributed by atoms with Crippen LogP contribution in [0.2, 0.25) is 0 Å². The smallest absolute Gasteiger partial charge is 0.245 e. The summed E-state index contributed by atoms with van der Waals surface area (Å²) >= 11 is 0. The van der Waals surface area contributed by atoms with Crippen molar-refractivity contribution in [3.63, 3.8) is 0 Å². The van der Waals surface area contributed by atoms with E-state index in [-0.39, 0.29) is 19.4 Å². The molecule has 1 aromatic carbocycles. The molecule has 0 bridgehead atoms. The first kappa shape index (κ1) is 22.6. The minimum atomic E-state index is -2.79. The second-order valence-corrected chi connectivity index (χ2v) is 7.32. The van der Waals surface area contributed by atoms with Gasteiger partial charge in [0.2, 0.25) is 5.92 Å². The van der Waals surface area contributed by atoms with Gasteiger partial charge in [0.05, 0.1) is 5.69 Å². The number of aromatic nitrogens is 4. The van der Waals surface area contributed by atoms with Crippen molar-refractivity contribution in [3.8, 4) is 28.4 Å². The molecule has 7 nitrogen and oxygen atoms in total. The second kappa shape index (κ2) is 10.3. The summed E-state index contributed by atoms with van der Waals surface area (Å²) in [7, 11) is 1.75. The van der Waals surface area contributed by atoms with Gasteiger partial charge in [-0.1, -0.05) is 12.1 Å². The Bertz CT molecular complexity index is 983. The molecule has 164 valence electrons. The first-order valence-electron chi connectivity index (χ1n) is 9.91. The highest BCUT2D eigenvalue weighted by Gasteiger charge is 2.21. The minimum absolute atomic E-state index is 0.103. The topological polar surface area (TPSA) is 93.0 Å². The fourth-order valence-corrected chi connectivity index (χ4v) is 2.89. The van der Waals surface area contributed by atoms with Gasteiger partial charge in [0.1, 0.15) is 24.8 Å². The highest BCUT2D eigenvalue weighted by Crippen LogP contribution is 2.26. The average molecular weight is 429 g/mol. The zero-order chi connectivity index (χ0) is 22.3. The largest absolute Gasteiger partial charge is 0.491 e. The Morgan fingerprint density at radius 1 is 1.13 bits per heavy atom. The van der Waals surface area contributed by atoms with Crippen molar-refractivity contribution in [2.45, 2.75) is 31.8 Å². The number of aliphatic hydroxyl groups excluding tert-OH is 1. The van der Waals surface area contributed by atoms with Crippen LogP contribution in [0, 0.1) is 0 Å². The Labute approximate surface area is 179 Å². The number of nitrogens with one attached hydrogen (secondary N) is 1. The van der Waals surface area contributed by atoms with Crippen molar-refractivity contribution in [1.82, 2.24) is 25.3 Å². The van der Waals surface area contributed by atoms with Gasteiger partial charge in [-0.2, -0.15) is 0 Å². The molecule has 31 heavy (non-hydrogen) atoms. The van der Waals surface area contributed by atoms with E-state index in [2.05, 4.69) is 25.3 Å². The highest BCUT2D eigenvalue weighted by atomic mass is 19.3. The van der Waals surface area contributed by atoms with E-state index in [1.165, 1.54) is 6.33 Å². The lowest BCUT2D eigenvalue weighted by Gasteiger charge is -2.13. The average Bonchev–Trinajstić information content (AvgIpc) is 2.77. The van der Waals surface area contributed by atoms with Gasteiger partial charge in [-0.05, 0) is 38.6 Å². The van der Waals surface area contributed by atoms with Crippen LogP contribution < -0.4 is 10.1 Å². The van der Waals surface area contributed by atoms with E-state index in [0.29, 0.717) is 40.6 Å². The van der Waals surface area contributed by atoms with Crippen LogP contribution in [0.5, 0.6) is 5.75 Å². The van der Waals surface area contributed by atoms with Crippen LogP contribution in [0.15, 0.2) is 49.1 Å². The molecule has 1 atom stereocenters. The molecule has 2 N–H and O–H groups in total. The van der Waals surface area contributed by atoms with Crippen LogP contribution in [-0.4, -0.2) is 57.3 Å². The van der Waals surface area contributed by atoms with E-state index in [4.69, 9.17) is 4.74 Å². The summed E-state index contributed by atoms with van der Waals surface area (Å²) in [6.07, 6.45) is 3.77. The van der Waals surface area contributed by atoms with Crippen LogP contribution in [-0.2, 0) is 6.42 Å². The standard InChI is InChI=1S/C22H25F2N5O2/c1-22(23,24)7-6-17-9-20(16-10-26-14-27-11-16)29-21(28-17)15-4-3-5-19(8-15)31-13-18(30)12-25-2/h3-5,8-11,14,18,25,30H,6-7,12-13H2,1-2H3. The van der Waals surface area contributed by atoms with Gasteiger partial charge < -0.3 is 15.2 Å². The van der Waals surface area contributed by atoms with Gasteiger partial charge in [-0.3, -0.25) is 0 Å². The molecule has 2 aromatic heterocycles. The summed E-state index contributed by atoms with van der Waals surface area (Å²) in [5.74, 6) is -1.85. The lowest BCUT2D eigenvalue weighted by Crippen LogP contribution is -2.29. The molecule has 0 fully saturated rings. The summed E-state index contributed by atoms with van der Waals surface area (Å²) in [5.41, 5.74) is 2.39. The molecule has 0 spiro atoms. The number of rotatable bonds is 10. The van der Waals surface area contributed by atoms with Crippen LogP contribution in [0.1, 0.15) is 19.0 Å². The summed E-state index contributed by atoms with van der Waals surface area (Å²) in [6.45, 7) is 1.43. The van der Waals surface area contributed by atoms with Crippen molar-refractivity contribution in [2.75, 3.05) is 20.2 Å². The van der Waals surface area contributed by atoms with E-state index in [9.17, 15) is 13.9 Å². The molecule has 0 saturated carbocycles. The summed E-state index contributed by atoms with van der Waals surface area (Å²) in [6, 6.07) is 8.81. The van der Waals surface area contributed by atoms with Crippen molar-refractivity contribution < 1.29 is 18.6 Å². The number of aryl methyl sites for hydroxylation is 1. The normalized spacial score (nSPS) is 12.5. The van der Waals surface area contributed by atoms with E-state index < -0.39 is 12.0 Å². The molecule has 0 aliphatic carbocycles. The van der Waals surface area contributed by atoms with Crippen LogP contribution in [0.25, 0.3) is 22.6 Å². The third kappa shape index (κ3) is 7.01. The molecule has 2 heterocycles. The lowest BCUT2D eigenvalue weighted by molar-refractivity contribution is 0.0130. The van der Waals surface area contributed by atoms with Crippen LogP contribution in [0.4, 0.5) is 8.78 Å². The van der Waals surface area contributed by atoms with Gasteiger partial charge in [0.15, 0.2) is 5.82 Å². The summed E-state index contributed by atoms with van der Waals surface area (Å²) < 4.78 is 32.5. The Morgan fingerprint density at radius 3 is 2.61 bits per heavy atom. The molecular formula is C22H25F2N5O2. The molecule has 0 amide bonds. The Balaban J connectivity index is 1.91. The van der Waals surface area contributed by atoms with E-state index in [1.54, 1.807) is 43.7 Å². The van der Waals surface area contributed by atoms with Crippen LogP contribution in [0.3, 0.4) is 0 Å². The van der Waals surface area contributed by atoms with E-state index in [0.717, 1.165) is 6.92 Å². The third-order valence-electron chi connectivity index (χ3n) is 4.43. The number of hydrogen-bond acceptors (Lipinski definition) is 7. The van der Waals surface area contributed by atoms with Gasteiger partial charge in [-0.15, -0.1) is 0 Å². The Morgan fingerprint density at radius 2 is 1.90 bits per heavy atom. The quantitative estimate of drug-likeness (QED) is 0.511. The minimum Gasteiger partial charge on any atom is -0.491 e. The molecule has 3 aromatic rings. The zero-order valence-electron chi connectivity index (χ0n) is 17.4. The first-order chi connectivity index (χ1) is 14.8. The molecule has 0 saturated heterocycles. The molecule has 9 heteroatoms. The third-order valence-corrected chi connectivity index (χ3v) is 4.43. The predicted octanol–water partition coefficient (Wildman–Crippen LogP) is 3.15. The molecule has 0 radical (unpaired) electrons. The molecule has 0 aliphatic heterocycles. The van der Waals surface area contributed by atoms with Gasteiger partial charge in [-0.25, -0.2) is 28.7 Å². The summed E-state index contributed by atoms with van der Waals surface area (Å²) in [4.78, 5) is 17.1. The van der Waals surface area contributed by atoms with E-state index in [1.807, 2.05) is 6.07 Å². The molecular weight excluding hydrogens is 404 g/mol. The predicted molar refractivity (Wildman–Crippen MR) is 113 cm³/mol. The number of benzene rings is 1. The maximum atomic E-state index is 13.4. The lowest BCUT2D eigenvalue weighted by atomic mass is 10.1. The van der Waals surface area contributed by atoms with Crippen molar-refractivity contribution >= 4 is 0 Å². The van der Waals surface area contributed by atoms with E-state index >= 15 is 0 Å². The fraction of sp³-hybridized carbons (Fsp3) is 0.364. The number of likely N-dealkylation sites (N-methyl/N-ethyl adjacent to an activating group) is 1. The number of ether oxygens (including phenoxy) is 1. The number of alkyl halides is 2. The van der Waals surface area contributed by atoms with Crippen LogP contribution >= 0.6 is 0 Å². The van der Waals surface area contributed by atoms with Gasteiger partial charge in [0, 0.05) is 42.2 Å². The van der Waals surface area contributed by atoms with Gasteiger partial charge >= 0.3 is 0 Å². The number of hydrogen-bond donors (Lipinski definition) is 2. The van der Waals surface area contributed by atoms with Crippen molar-refractivity contribution in [1.29, 1.82) is 0 Å². The molecule has 1 unspecified atom stereocenters. The maximum absolute atomic E-state index is 13.4. The molecule has 0 aliphatic rings. The maximum Gasteiger partial charge on any atom is 0.245 e. The Hall–Kier alpha value is -3.04. The number of halogens is 2. The Kier molecular flexibility index (Phi) is 7.54. The SMILES string of the molecule is CNCC(O)COc1cccc(-c2nc(CCC(C)(F)F)cc(-c3cncnc3)n2)c1. The fourth-order valence-electron chi connectivity index (χ4n) is 2.89. The zero-order valence-corrected chi connectivity index (χ0v) is 17.4. The second-order valence-electron chi connectivity index (χ2n) is 7.32. The summed E-state index contributed by atoms with van der Waals surface area (Å²) in [5, 5.41) is 12.7. The number of nitrogens with zero attached hydrogens (tertiary/aromatic N) is 4. The first-order valence-corrected chi connectivity index (χ1v) is 9.91. The number of aliphatic hydroxyl groups is 1. The highest BCUT2D eigenvalue weighted by molar-refractivity contribution is 5.64.